The van der Waals surface area contributed by atoms with Gasteiger partial charge in [-0.1, -0.05) is 23.8 Å². The van der Waals surface area contributed by atoms with E-state index in [1.165, 1.54) is 6.92 Å². The predicted molar refractivity (Wildman–Crippen MR) is 104 cm³/mol. The topological polar surface area (TPSA) is 75.3 Å². The highest BCUT2D eigenvalue weighted by molar-refractivity contribution is 6.01. The summed E-state index contributed by atoms with van der Waals surface area (Å²) < 4.78 is 0. The number of amides is 2. The third-order valence-electron chi connectivity index (χ3n) is 4.19. The maximum absolute atomic E-state index is 12.4. The number of nitrogens with one attached hydrogen (secondary N) is 2. The lowest BCUT2D eigenvalue weighted by Crippen LogP contribution is -2.15. The summed E-state index contributed by atoms with van der Waals surface area (Å²) in [5.74, 6) is -0.438. The van der Waals surface area contributed by atoms with Crippen LogP contribution in [0.4, 0.5) is 11.4 Å². The van der Waals surface area contributed by atoms with Crippen molar-refractivity contribution in [2.45, 2.75) is 40.5 Å². The van der Waals surface area contributed by atoms with Crippen LogP contribution in [0.3, 0.4) is 0 Å². The molecular weight excluding hydrogens is 328 g/mol. The van der Waals surface area contributed by atoms with Crippen LogP contribution in [-0.2, 0) is 9.59 Å². The number of carbonyl (C=O) groups is 3. The number of hydrogen-bond acceptors (Lipinski definition) is 3. The number of hydrogen-bond donors (Lipinski definition) is 2. The summed E-state index contributed by atoms with van der Waals surface area (Å²) in [5, 5.41) is 5.54. The van der Waals surface area contributed by atoms with Crippen LogP contribution in [0.25, 0.3) is 0 Å². The van der Waals surface area contributed by atoms with E-state index in [0.717, 1.165) is 16.7 Å². The molecule has 0 heterocycles. The average molecular weight is 352 g/mol. The number of Topliss-reactive ketones (excluding diaryl/α,β-unsaturated/α-hetero) is 1. The number of anilines is 2. The minimum Gasteiger partial charge on any atom is -0.326 e. The first-order valence-corrected chi connectivity index (χ1v) is 8.55. The van der Waals surface area contributed by atoms with Crippen molar-refractivity contribution in [2.75, 3.05) is 10.6 Å². The predicted octanol–water partition coefficient (Wildman–Crippen LogP) is 4.17. The fraction of sp³-hybridized carbons (Fsp3) is 0.286. The molecule has 136 valence electrons. The van der Waals surface area contributed by atoms with Crippen LogP contribution in [0.2, 0.25) is 0 Å². The maximum atomic E-state index is 12.4. The van der Waals surface area contributed by atoms with Crippen molar-refractivity contribution in [2.24, 2.45) is 0 Å². The van der Waals surface area contributed by atoms with E-state index in [-0.39, 0.29) is 30.4 Å². The molecule has 0 fully saturated rings. The highest BCUT2D eigenvalue weighted by Gasteiger charge is 2.13. The summed E-state index contributed by atoms with van der Waals surface area (Å²) in [6.07, 6.45) is 0.260. The molecule has 0 bridgehead atoms. The van der Waals surface area contributed by atoms with E-state index in [0.29, 0.717) is 16.9 Å². The summed E-state index contributed by atoms with van der Waals surface area (Å²) in [6.45, 7) is 7.09. The van der Waals surface area contributed by atoms with Crippen molar-refractivity contribution < 1.29 is 14.4 Å². The van der Waals surface area contributed by atoms with Crippen LogP contribution in [0.1, 0.15) is 46.8 Å². The van der Waals surface area contributed by atoms with Gasteiger partial charge >= 0.3 is 0 Å². The van der Waals surface area contributed by atoms with Crippen LogP contribution in [-0.4, -0.2) is 17.6 Å². The first kappa shape index (κ1) is 19.4. The lowest BCUT2D eigenvalue weighted by Gasteiger charge is -2.13. The number of ketones is 1. The van der Waals surface area contributed by atoms with E-state index in [4.69, 9.17) is 0 Å². The summed E-state index contributed by atoms with van der Waals surface area (Å²) in [6, 6.07) is 11.0. The molecule has 0 atom stereocenters. The second-order valence-corrected chi connectivity index (χ2v) is 6.45. The van der Waals surface area contributed by atoms with Gasteiger partial charge in [-0.3, -0.25) is 14.4 Å². The van der Waals surface area contributed by atoms with Gasteiger partial charge in [0.05, 0.1) is 0 Å². The van der Waals surface area contributed by atoms with Gasteiger partial charge in [0.25, 0.3) is 0 Å². The lowest BCUT2D eigenvalue weighted by molar-refractivity contribution is -0.116. The molecule has 0 aliphatic carbocycles. The highest BCUT2D eigenvalue weighted by Crippen LogP contribution is 2.23. The molecule has 0 spiro atoms. The van der Waals surface area contributed by atoms with Gasteiger partial charge in [0, 0.05) is 36.7 Å². The molecule has 2 N–H and O–H groups in total. The first-order valence-electron chi connectivity index (χ1n) is 8.55. The first-order chi connectivity index (χ1) is 12.3. The molecule has 0 unspecified atom stereocenters. The summed E-state index contributed by atoms with van der Waals surface area (Å²) in [4.78, 5) is 35.9. The molecule has 0 saturated heterocycles. The third kappa shape index (κ3) is 5.02. The molecular formula is C21H24N2O3. The second-order valence-electron chi connectivity index (χ2n) is 6.45. The van der Waals surface area contributed by atoms with Crippen LogP contribution < -0.4 is 10.6 Å². The minimum absolute atomic E-state index is 0.0370. The molecule has 26 heavy (non-hydrogen) atoms. The SMILES string of the molecule is CC(=O)Nc1cccc(NC(=O)CCC(=O)c2cc(C)ccc2C)c1C. The molecule has 0 radical (unpaired) electrons. The second kappa shape index (κ2) is 8.43. The smallest absolute Gasteiger partial charge is 0.224 e. The molecule has 0 aliphatic heterocycles. The maximum Gasteiger partial charge on any atom is 0.224 e. The van der Waals surface area contributed by atoms with Crippen LogP contribution >= 0.6 is 0 Å². The van der Waals surface area contributed by atoms with Crippen molar-refractivity contribution in [3.05, 3.63) is 58.7 Å². The monoisotopic (exact) mass is 352 g/mol. The summed E-state index contributed by atoms with van der Waals surface area (Å²) in [7, 11) is 0. The van der Waals surface area contributed by atoms with E-state index in [2.05, 4.69) is 10.6 Å². The number of aryl methyl sites for hydroxylation is 2. The van der Waals surface area contributed by atoms with E-state index >= 15 is 0 Å². The average Bonchev–Trinajstić information content (AvgIpc) is 2.58. The molecule has 0 aromatic heterocycles. The molecule has 5 nitrogen and oxygen atoms in total. The molecule has 0 aliphatic rings. The Balaban J connectivity index is 2.00. The Bertz CT molecular complexity index is 856. The van der Waals surface area contributed by atoms with Gasteiger partial charge in [-0.25, -0.2) is 0 Å². The van der Waals surface area contributed by atoms with Gasteiger partial charge in [0.15, 0.2) is 5.78 Å². The van der Waals surface area contributed by atoms with Gasteiger partial charge < -0.3 is 10.6 Å². The Morgan fingerprint density at radius 3 is 2.19 bits per heavy atom. The van der Waals surface area contributed by atoms with E-state index < -0.39 is 0 Å². The molecule has 2 amide bonds. The third-order valence-corrected chi connectivity index (χ3v) is 4.19. The molecule has 0 saturated carbocycles. The van der Waals surface area contributed by atoms with Gasteiger partial charge in [-0.2, -0.15) is 0 Å². The zero-order chi connectivity index (χ0) is 19.3. The summed E-state index contributed by atoms with van der Waals surface area (Å²) >= 11 is 0. The Hall–Kier alpha value is -2.95. The molecule has 2 aromatic carbocycles. The number of rotatable bonds is 6. The van der Waals surface area contributed by atoms with E-state index in [1.54, 1.807) is 18.2 Å². The van der Waals surface area contributed by atoms with E-state index in [1.807, 2.05) is 39.0 Å². The van der Waals surface area contributed by atoms with Crippen molar-refractivity contribution in [1.82, 2.24) is 0 Å². The summed E-state index contributed by atoms with van der Waals surface area (Å²) in [5.41, 5.74) is 4.66. The van der Waals surface area contributed by atoms with Crippen molar-refractivity contribution in [1.29, 1.82) is 0 Å². The van der Waals surface area contributed by atoms with Gasteiger partial charge in [-0.05, 0) is 50.1 Å². The van der Waals surface area contributed by atoms with E-state index in [9.17, 15) is 14.4 Å². The zero-order valence-corrected chi connectivity index (χ0v) is 15.6. The molecule has 2 aromatic rings. The van der Waals surface area contributed by atoms with Crippen molar-refractivity contribution in [3.8, 4) is 0 Å². The largest absolute Gasteiger partial charge is 0.326 e. The van der Waals surface area contributed by atoms with Crippen molar-refractivity contribution in [3.63, 3.8) is 0 Å². The van der Waals surface area contributed by atoms with Gasteiger partial charge in [-0.15, -0.1) is 0 Å². The highest BCUT2D eigenvalue weighted by atomic mass is 16.2. The van der Waals surface area contributed by atoms with Gasteiger partial charge in [0.1, 0.15) is 0 Å². The Kier molecular flexibility index (Phi) is 6.28. The minimum atomic E-state index is -0.230. The normalized spacial score (nSPS) is 10.3. The van der Waals surface area contributed by atoms with Crippen LogP contribution in [0.5, 0.6) is 0 Å². The lowest BCUT2D eigenvalue weighted by atomic mass is 9.99. The quantitative estimate of drug-likeness (QED) is 0.766. The molecule has 5 heteroatoms. The fourth-order valence-corrected chi connectivity index (χ4v) is 2.71. The van der Waals surface area contributed by atoms with Crippen LogP contribution in [0, 0.1) is 20.8 Å². The van der Waals surface area contributed by atoms with Gasteiger partial charge in [0.2, 0.25) is 11.8 Å². The Morgan fingerprint density at radius 2 is 1.54 bits per heavy atom. The Morgan fingerprint density at radius 1 is 0.885 bits per heavy atom. The fourth-order valence-electron chi connectivity index (χ4n) is 2.71. The number of benzene rings is 2. The number of carbonyl (C=O) groups excluding carboxylic acids is 3. The zero-order valence-electron chi connectivity index (χ0n) is 15.6. The Labute approximate surface area is 153 Å². The standard InChI is InChI=1S/C21H24N2O3/c1-13-8-9-14(2)17(12-13)20(25)10-11-21(26)23-19-7-5-6-18(15(19)3)22-16(4)24/h5-9,12H,10-11H2,1-4H3,(H,22,24)(H,23,26). The molecule has 2 rings (SSSR count). The van der Waals surface area contributed by atoms with Crippen molar-refractivity contribution >= 4 is 29.0 Å². The van der Waals surface area contributed by atoms with Crippen LogP contribution in [0.15, 0.2) is 36.4 Å².